The molecule has 122 valence electrons. The largest absolute Gasteiger partial charge is 0.354 e. The van der Waals surface area contributed by atoms with Crippen LogP contribution in [0.3, 0.4) is 0 Å². The van der Waals surface area contributed by atoms with Gasteiger partial charge in [-0.1, -0.05) is 0 Å². The third kappa shape index (κ3) is 5.04. The van der Waals surface area contributed by atoms with E-state index in [0.29, 0.717) is 12.5 Å². The van der Waals surface area contributed by atoms with Gasteiger partial charge < -0.3 is 11.1 Å². The van der Waals surface area contributed by atoms with E-state index in [2.05, 4.69) is 10.0 Å². The Morgan fingerprint density at radius 3 is 2.55 bits per heavy atom. The topological polar surface area (TPSA) is 101 Å². The molecule has 1 fully saturated rings. The van der Waals surface area contributed by atoms with Crippen molar-refractivity contribution >= 4 is 15.9 Å². The Hall–Kier alpha value is -1.51. The summed E-state index contributed by atoms with van der Waals surface area (Å²) in [6, 6.07) is 4.46. The monoisotopic (exact) mass is 329 g/mol. The summed E-state index contributed by atoms with van der Waals surface area (Å²) in [5.41, 5.74) is 5.86. The van der Waals surface area contributed by atoms with Gasteiger partial charge in [0.25, 0.3) is 0 Å². The average molecular weight is 329 g/mol. The second-order valence-electron chi connectivity index (χ2n) is 5.41. The molecule has 22 heavy (non-hydrogen) atoms. The maximum atomic E-state index is 12.8. The second kappa shape index (κ2) is 7.17. The zero-order valence-electron chi connectivity index (χ0n) is 12.1. The van der Waals surface area contributed by atoms with E-state index < -0.39 is 15.8 Å². The minimum Gasteiger partial charge on any atom is -0.354 e. The first-order chi connectivity index (χ1) is 10.4. The zero-order valence-corrected chi connectivity index (χ0v) is 12.9. The van der Waals surface area contributed by atoms with Crippen LogP contribution in [0.5, 0.6) is 0 Å². The number of nitrogens with two attached hydrogens (primary N) is 1. The van der Waals surface area contributed by atoms with Gasteiger partial charge in [0.2, 0.25) is 15.9 Å². The van der Waals surface area contributed by atoms with Crippen molar-refractivity contribution < 1.29 is 17.6 Å². The Bertz CT molecular complexity index is 615. The smallest absolute Gasteiger partial charge is 0.240 e. The van der Waals surface area contributed by atoms with Gasteiger partial charge in [-0.05, 0) is 43.0 Å². The van der Waals surface area contributed by atoms with E-state index in [0.717, 1.165) is 25.0 Å². The second-order valence-corrected chi connectivity index (χ2v) is 7.17. The minimum atomic E-state index is -3.73. The highest BCUT2D eigenvalue weighted by Gasteiger charge is 2.28. The van der Waals surface area contributed by atoms with Crippen LogP contribution in [-0.4, -0.2) is 33.5 Å². The Morgan fingerprint density at radius 2 is 1.95 bits per heavy atom. The predicted molar refractivity (Wildman–Crippen MR) is 79.9 cm³/mol. The lowest BCUT2D eigenvalue weighted by Gasteiger charge is -2.12. The number of hydrogen-bond donors (Lipinski definition) is 3. The average Bonchev–Trinajstić information content (AvgIpc) is 3.29. The van der Waals surface area contributed by atoms with Crippen LogP contribution in [0.1, 0.15) is 19.3 Å². The lowest BCUT2D eigenvalue weighted by Crippen LogP contribution is -2.39. The van der Waals surface area contributed by atoms with Gasteiger partial charge in [-0.25, -0.2) is 17.5 Å². The summed E-state index contributed by atoms with van der Waals surface area (Å²) >= 11 is 0. The highest BCUT2D eigenvalue weighted by atomic mass is 32.2. The summed E-state index contributed by atoms with van der Waals surface area (Å²) in [7, 11) is -3.73. The molecule has 1 aromatic rings. The number of carbonyl (C=O) groups is 1. The lowest BCUT2D eigenvalue weighted by molar-refractivity contribution is -0.121. The van der Waals surface area contributed by atoms with Crippen molar-refractivity contribution in [2.75, 3.05) is 13.1 Å². The van der Waals surface area contributed by atoms with Gasteiger partial charge >= 0.3 is 0 Å². The van der Waals surface area contributed by atoms with Gasteiger partial charge in [-0.3, -0.25) is 4.79 Å². The van der Waals surface area contributed by atoms with Crippen LogP contribution in [0.2, 0.25) is 0 Å². The first-order valence-corrected chi connectivity index (χ1v) is 8.64. The quantitative estimate of drug-likeness (QED) is 0.640. The maximum absolute atomic E-state index is 12.8. The predicted octanol–water partition coefficient (Wildman–Crippen LogP) is 0.348. The number of amides is 1. The summed E-state index contributed by atoms with van der Waals surface area (Å²) < 4.78 is 38.9. The molecule has 8 heteroatoms. The van der Waals surface area contributed by atoms with Crippen LogP contribution < -0.4 is 15.8 Å². The Labute approximate surface area is 129 Å². The highest BCUT2D eigenvalue weighted by molar-refractivity contribution is 7.89. The summed E-state index contributed by atoms with van der Waals surface area (Å²) in [5, 5.41) is 2.69. The molecule has 1 amide bonds. The van der Waals surface area contributed by atoms with E-state index in [9.17, 15) is 17.6 Å². The molecule has 0 saturated heterocycles. The summed E-state index contributed by atoms with van der Waals surface area (Å²) in [4.78, 5) is 11.6. The number of halogens is 1. The van der Waals surface area contributed by atoms with Gasteiger partial charge in [0.05, 0.1) is 4.90 Å². The highest BCUT2D eigenvalue weighted by Crippen LogP contribution is 2.31. The van der Waals surface area contributed by atoms with Crippen LogP contribution in [0.25, 0.3) is 0 Å². The fourth-order valence-corrected chi connectivity index (χ4v) is 3.04. The first kappa shape index (κ1) is 16.9. The van der Waals surface area contributed by atoms with Crippen LogP contribution in [-0.2, 0) is 14.8 Å². The molecule has 1 unspecified atom stereocenters. The Kier molecular flexibility index (Phi) is 5.49. The number of benzene rings is 1. The number of hydrogen-bond acceptors (Lipinski definition) is 4. The molecule has 1 aromatic carbocycles. The molecule has 1 aliphatic rings. The van der Waals surface area contributed by atoms with Gasteiger partial charge in [0.1, 0.15) is 5.82 Å². The van der Waals surface area contributed by atoms with Crippen molar-refractivity contribution in [3.63, 3.8) is 0 Å². The van der Waals surface area contributed by atoms with E-state index >= 15 is 0 Å². The molecule has 2 rings (SSSR count). The van der Waals surface area contributed by atoms with E-state index in [1.54, 1.807) is 0 Å². The van der Waals surface area contributed by atoms with Gasteiger partial charge in [-0.2, -0.15) is 0 Å². The fourth-order valence-electron chi connectivity index (χ4n) is 2.01. The third-order valence-electron chi connectivity index (χ3n) is 3.53. The molecule has 0 spiro atoms. The number of carbonyl (C=O) groups excluding carboxylic acids is 1. The molecule has 6 nitrogen and oxygen atoms in total. The van der Waals surface area contributed by atoms with E-state index in [4.69, 9.17) is 5.73 Å². The molecule has 0 heterocycles. The van der Waals surface area contributed by atoms with Crippen molar-refractivity contribution in [2.45, 2.75) is 30.2 Å². The van der Waals surface area contributed by atoms with Gasteiger partial charge in [0, 0.05) is 25.6 Å². The first-order valence-electron chi connectivity index (χ1n) is 7.16. The number of nitrogens with one attached hydrogen (secondary N) is 2. The fraction of sp³-hybridized carbons (Fsp3) is 0.500. The van der Waals surface area contributed by atoms with Crippen molar-refractivity contribution in [2.24, 2.45) is 11.7 Å². The van der Waals surface area contributed by atoms with Crippen LogP contribution in [0.4, 0.5) is 4.39 Å². The van der Waals surface area contributed by atoms with Gasteiger partial charge in [0.15, 0.2) is 0 Å². The molecule has 0 aromatic heterocycles. The van der Waals surface area contributed by atoms with Crippen LogP contribution in [0, 0.1) is 11.7 Å². The molecular weight excluding hydrogens is 309 g/mol. The standard InChI is InChI=1S/C14H20FN3O3S/c15-11-3-5-12(6-4-11)22(20,21)18-8-7-14(19)17-9-13(16)10-1-2-10/h3-6,10,13,18H,1-2,7-9,16H2,(H,17,19). The molecule has 0 radical (unpaired) electrons. The molecule has 1 saturated carbocycles. The summed E-state index contributed by atoms with van der Waals surface area (Å²) in [5.74, 6) is -0.263. The molecule has 4 N–H and O–H groups in total. The number of sulfonamides is 1. The van der Waals surface area contributed by atoms with E-state index in [1.165, 1.54) is 12.1 Å². The van der Waals surface area contributed by atoms with Crippen molar-refractivity contribution in [1.29, 1.82) is 0 Å². The Balaban J connectivity index is 1.72. The maximum Gasteiger partial charge on any atom is 0.240 e. The van der Waals surface area contributed by atoms with Crippen LogP contribution in [0.15, 0.2) is 29.2 Å². The SMILES string of the molecule is NC(CNC(=O)CCNS(=O)(=O)c1ccc(F)cc1)C1CC1. The molecule has 0 aliphatic heterocycles. The Morgan fingerprint density at radius 1 is 1.32 bits per heavy atom. The van der Waals surface area contributed by atoms with E-state index in [-0.39, 0.29) is 29.8 Å². The van der Waals surface area contributed by atoms with Crippen LogP contribution >= 0.6 is 0 Å². The third-order valence-corrected chi connectivity index (χ3v) is 5.01. The van der Waals surface area contributed by atoms with Crippen molar-refractivity contribution in [3.05, 3.63) is 30.1 Å². The molecule has 0 bridgehead atoms. The summed E-state index contributed by atoms with van der Waals surface area (Å²) in [6.45, 7) is 0.387. The molecular formula is C14H20FN3O3S. The number of rotatable bonds is 8. The van der Waals surface area contributed by atoms with E-state index in [1.807, 2.05) is 0 Å². The van der Waals surface area contributed by atoms with Crippen molar-refractivity contribution in [1.82, 2.24) is 10.0 Å². The normalized spacial score (nSPS) is 16.3. The minimum absolute atomic E-state index is 0.0236. The molecule has 1 aliphatic carbocycles. The molecule has 1 atom stereocenters. The summed E-state index contributed by atoms with van der Waals surface area (Å²) in [6.07, 6.45) is 2.24. The van der Waals surface area contributed by atoms with Crippen molar-refractivity contribution in [3.8, 4) is 0 Å². The van der Waals surface area contributed by atoms with Gasteiger partial charge in [-0.15, -0.1) is 0 Å². The zero-order chi connectivity index (χ0) is 16.2. The lowest BCUT2D eigenvalue weighted by atomic mass is 10.2.